The summed E-state index contributed by atoms with van der Waals surface area (Å²) in [5.74, 6) is 0.491. The third-order valence-electron chi connectivity index (χ3n) is 2.75. The van der Waals surface area contributed by atoms with E-state index in [1.165, 1.54) is 11.1 Å². The van der Waals surface area contributed by atoms with Crippen molar-refractivity contribution in [2.24, 2.45) is 5.92 Å². The zero-order valence-electron chi connectivity index (χ0n) is 8.07. The second-order valence-electron chi connectivity index (χ2n) is 3.61. The van der Waals surface area contributed by atoms with Gasteiger partial charge in [-0.05, 0) is 0 Å². The van der Waals surface area contributed by atoms with E-state index in [1.54, 1.807) is 20.8 Å². The number of hydrogen-bond donors (Lipinski definition) is 0. The van der Waals surface area contributed by atoms with Gasteiger partial charge in [-0.25, -0.2) is 0 Å². The van der Waals surface area contributed by atoms with Gasteiger partial charge in [0, 0.05) is 0 Å². The third-order valence-corrected chi connectivity index (χ3v) is 3.01. The first-order valence-corrected chi connectivity index (χ1v) is 5.55. The molecule has 71 valence electrons. The molecule has 0 spiro atoms. The maximum atomic E-state index is 5.29. The molecule has 0 saturated heterocycles. The summed E-state index contributed by atoms with van der Waals surface area (Å²) < 4.78 is 5.29. The van der Waals surface area contributed by atoms with E-state index in [0.29, 0.717) is 5.92 Å². The molecule has 0 aromatic carbocycles. The number of rotatable bonds is 4. The maximum absolute atomic E-state index is 5.29. The Labute approximate surface area is 97.1 Å². The van der Waals surface area contributed by atoms with Crippen LogP contribution in [0.2, 0.25) is 0 Å². The van der Waals surface area contributed by atoms with Crippen molar-refractivity contribution in [2.45, 2.75) is 12.8 Å². The summed E-state index contributed by atoms with van der Waals surface area (Å²) >= 11 is 1.78. The van der Waals surface area contributed by atoms with Crippen molar-refractivity contribution in [1.29, 1.82) is 0 Å². The Kier molecular flexibility index (Phi) is 3.57. The van der Waals surface area contributed by atoms with Gasteiger partial charge in [0.2, 0.25) is 0 Å². The van der Waals surface area contributed by atoms with Gasteiger partial charge in [-0.1, -0.05) is 0 Å². The molecule has 2 heteroatoms. The summed E-state index contributed by atoms with van der Waals surface area (Å²) in [5, 5.41) is 0. The second kappa shape index (κ2) is 4.92. The molecule has 2 aliphatic carbocycles. The van der Waals surface area contributed by atoms with Crippen molar-refractivity contribution in [1.82, 2.24) is 0 Å². The Morgan fingerprint density at radius 1 is 1.14 bits per heavy atom. The van der Waals surface area contributed by atoms with Crippen molar-refractivity contribution in [3.8, 4) is 0 Å². The van der Waals surface area contributed by atoms with E-state index in [4.69, 9.17) is 3.32 Å². The summed E-state index contributed by atoms with van der Waals surface area (Å²) in [4.78, 5) is 0. The van der Waals surface area contributed by atoms with E-state index in [1.807, 2.05) is 0 Å². The van der Waals surface area contributed by atoms with Gasteiger partial charge in [0.25, 0.3) is 0 Å². The van der Waals surface area contributed by atoms with Crippen molar-refractivity contribution in [3.05, 3.63) is 47.6 Å². The molecule has 0 aromatic heterocycles. The first-order valence-electron chi connectivity index (χ1n) is 4.91. The molecule has 0 N–H and O–H groups in total. The van der Waals surface area contributed by atoms with Crippen LogP contribution >= 0.6 is 0 Å². The quantitative estimate of drug-likeness (QED) is 0.663. The molecule has 0 fully saturated rings. The minimum atomic E-state index is 0.491. The molecule has 0 bridgehead atoms. The molecule has 1 nitrogen and oxygen atoms in total. The molecule has 0 unspecified atom stereocenters. The van der Waals surface area contributed by atoms with E-state index in [9.17, 15) is 0 Å². The summed E-state index contributed by atoms with van der Waals surface area (Å²) in [7, 11) is 0. The van der Waals surface area contributed by atoms with Crippen molar-refractivity contribution >= 4 is 0 Å². The van der Waals surface area contributed by atoms with E-state index in [-0.39, 0.29) is 0 Å². The Morgan fingerprint density at radius 3 is 2.07 bits per heavy atom. The van der Waals surface area contributed by atoms with Gasteiger partial charge in [0.05, 0.1) is 0 Å². The normalized spacial score (nSPS) is 19.1. The molecule has 2 rings (SSSR count). The first-order chi connectivity index (χ1) is 6.92. The molecule has 14 heavy (non-hydrogen) atoms. The van der Waals surface area contributed by atoms with Crippen LogP contribution in [-0.4, -0.2) is 6.61 Å². The molecule has 0 amide bonds. The molecule has 2 aliphatic rings. The van der Waals surface area contributed by atoms with E-state index < -0.39 is 0 Å². The van der Waals surface area contributed by atoms with Crippen LogP contribution in [0.3, 0.4) is 0 Å². The van der Waals surface area contributed by atoms with Crippen molar-refractivity contribution in [3.63, 3.8) is 0 Å². The van der Waals surface area contributed by atoms with Crippen LogP contribution in [0, 0.1) is 5.92 Å². The predicted molar refractivity (Wildman–Crippen MR) is 53.1 cm³/mol. The molecule has 0 saturated carbocycles. The fraction of sp³-hybridized carbons (Fsp3) is 0.333. The standard InChI is InChI=1S/C12H13O.Ti/c13-9-12(10-5-1-2-6-10)11-7-3-4-8-11;/h1-5,7,12H,6,8-9H2;/q-1;+1. The zero-order chi connectivity index (χ0) is 9.80. The Hall–Kier alpha value is -0.366. The monoisotopic (exact) mass is 221 g/mol. The number of hydrogen-bond acceptors (Lipinski definition) is 1. The predicted octanol–water partition coefficient (Wildman–Crippen LogP) is 2.85. The van der Waals surface area contributed by atoms with Crippen LogP contribution in [0.15, 0.2) is 47.6 Å². The summed E-state index contributed by atoms with van der Waals surface area (Å²) in [5.41, 5.74) is 2.98. The van der Waals surface area contributed by atoms with Gasteiger partial charge in [0.1, 0.15) is 0 Å². The molecule has 0 radical (unpaired) electrons. The van der Waals surface area contributed by atoms with E-state index >= 15 is 0 Å². The summed E-state index contributed by atoms with van der Waals surface area (Å²) in [6.07, 6.45) is 15.3. The summed E-state index contributed by atoms with van der Waals surface area (Å²) in [6, 6.07) is 0. The molecule has 0 aliphatic heterocycles. The zero-order valence-corrected chi connectivity index (χ0v) is 9.63. The molecular formula is C12H13OTi. The Bertz CT molecular complexity index is 293. The Morgan fingerprint density at radius 2 is 1.71 bits per heavy atom. The van der Waals surface area contributed by atoms with Crippen LogP contribution in [0.25, 0.3) is 0 Å². The van der Waals surface area contributed by atoms with E-state index in [2.05, 4.69) is 36.5 Å². The van der Waals surface area contributed by atoms with Gasteiger partial charge >= 0.3 is 97.1 Å². The minimum absolute atomic E-state index is 0.491. The fourth-order valence-electron chi connectivity index (χ4n) is 1.98. The van der Waals surface area contributed by atoms with Crippen LogP contribution in [0.1, 0.15) is 12.8 Å². The topological polar surface area (TPSA) is 9.23 Å². The third kappa shape index (κ3) is 2.17. The molecular weight excluding hydrogens is 208 g/mol. The Balaban J connectivity index is 2.07. The van der Waals surface area contributed by atoms with Gasteiger partial charge in [-0.3, -0.25) is 0 Å². The van der Waals surface area contributed by atoms with Gasteiger partial charge in [-0.2, -0.15) is 0 Å². The van der Waals surface area contributed by atoms with Crippen molar-refractivity contribution in [2.75, 3.05) is 6.61 Å². The van der Waals surface area contributed by atoms with Gasteiger partial charge in [0.15, 0.2) is 0 Å². The van der Waals surface area contributed by atoms with E-state index in [0.717, 1.165) is 19.4 Å². The molecule has 0 aromatic rings. The average Bonchev–Trinajstić information content (AvgIpc) is 2.87. The van der Waals surface area contributed by atoms with Crippen LogP contribution in [-0.2, 0) is 24.1 Å². The van der Waals surface area contributed by atoms with Crippen LogP contribution in [0.5, 0.6) is 0 Å². The van der Waals surface area contributed by atoms with Crippen molar-refractivity contribution < 1.29 is 24.1 Å². The fourth-order valence-corrected chi connectivity index (χ4v) is 2.24. The SMILES string of the molecule is [Ti][O]CC(C1=CC=CC1)C1=CC=CC1. The number of allylic oxidation sites excluding steroid dienone is 6. The molecule has 0 heterocycles. The second-order valence-corrected chi connectivity index (χ2v) is 4.06. The molecule has 0 atom stereocenters. The summed E-state index contributed by atoms with van der Waals surface area (Å²) in [6.45, 7) is 0.807. The average molecular weight is 221 g/mol. The van der Waals surface area contributed by atoms with Crippen LogP contribution < -0.4 is 0 Å². The first kappa shape index (κ1) is 10.2. The van der Waals surface area contributed by atoms with Crippen LogP contribution in [0.4, 0.5) is 0 Å². The van der Waals surface area contributed by atoms with Gasteiger partial charge in [-0.15, -0.1) is 0 Å². The van der Waals surface area contributed by atoms with Gasteiger partial charge < -0.3 is 0 Å².